The highest BCUT2D eigenvalue weighted by Crippen LogP contribution is 2.31. The summed E-state index contributed by atoms with van der Waals surface area (Å²) in [6.45, 7) is 0.506. The zero-order valence-corrected chi connectivity index (χ0v) is 19.7. The number of ether oxygens (including phenoxy) is 5. The molecule has 0 aliphatic carbocycles. The number of rotatable bonds is 10. The van der Waals surface area contributed by atoms with Crippen LogP contribution in [-0.2, 0) is 17.8 Å². The maximum absolute atomic E-state index is 12.6. The van der Waals surface area contributed by atoms with E-state index >= 15 is 0 Å². The van der Waals surface area contributed by atoms with Crippen LogP contribution in [0.1, 0.15) is 21.5 Å². The number of hydrogen-bond acceptors (Lipinski definition) is 9. The number of methoxy groups -OCH3 is 5. The number of nitrogens with zero attached hydrogens (tertiary/aromatic N) is 2. The standard InChI is InChI=1S/C24H27N3O7/c1-30-17-8-6-15(19(10-17)32-3)12-27(13-16-7-9-18(31-2)11-20(16)33-4)22-21(24(29)34-5)23(28)26-14-25-22/h6-11,14H,12-13H2,1-5H3,(H,25,26,28). The summed E-state index contributed by atoms with van der Waals surface area (Å²) in [5.74, 6) is 1.79. The Morgan fingerprint density at radius 1 is 0.853 bits per heavy atom. The van der Waals surface area contributed by atoms with Gasteiger partial charge in [-0.25, -0.2) is 9.78 Å². The lowest BCUT2D eigenvalue weighted by Crippen LogP contribution is -2.30. The molecule has 0 saturated heterocycles. The summed E-state index contributed by atoms with van der Waals surface area (Å²) in [6, 6.07) is 10.8. The van der Waals surface area contributed by atoms with Gasteiger partial charge in [0.05, 0.1) is 41.9 Å². The van der Waals surface area contributed by atoms with E-state index in [4.69, 9.17) is 23.7 Å². The number of aromatic nitrogens is 2. The SMILES string of the molecule is COC(=O)c1c(N(Cc2ccc(OC)cc2OC)Cc2ccc(OC)cc2OC)nc[nH]c1=O. The molecule has 0 fully saturated rings. The first-order chi connectivity index (χ1) is 16.4. The normalized spacial score (nSPS) is 10.4. The van der Waals surface area contributed by atoms with Gasteiger partial charge in [-0.3, -0.25) is 4.79 Å². The summed E-state index contributed by atoms with van der Waals surface area (Å²) in [5.41, 5.74) is 0.762. The van der Waals surface area contributed by atoms with E-state index in [1.807, 2.05) is 12.1 Å². The molecule has 0 bridgehead atoms. The minimum atomic E-state index is -0.794. The highest BCUT2D eigenvalue weighted by Gasteiger charge is 2.25. The molecule has 10 nitrogen and oxygen atoms in total. The number of anilines is 1. The third-order valence-electron chi connectivity index (χ3n) is 5.23. The molecule has 1 N–H and O–H groups in total. The van der Waals surface area contributed by atoms with Crippen LogP contribution in [0.5, 0.6) is 23.0 Å². The van der Waals surface area contributed by atoms with Crippen LogP contribution in [0.25, 0.3) is 0 Å². The number of benzene rings is 2. The third-order valence-corrected chi connectivity index (χ3v) is 5.23. The van der Waals surface area contributed by atoms with Crippen molar-refractivity contribution in [2.45, 2.75) is 13.1 Å². The van der Waals surface area contributed by atoms with E-state index in [9.17, 15) is 9.59 Å². The summed E-state index contributed by atoms with van der Waals surface area (Å²) >= 11 is 0. The Labute approximate surface area is 197 Å². The molecule has 0 saturated carbocycles. The predicted molar refractivity (Wildman–Crippen MR) is 125 cm³/mol. The molecule has 1 aromatic heterocycles. The number of aromatic amines is 1. The monoisotopic (exact) mass is 469 g/mol. The Bertz CT molecular complexity index is 1150. The second kappa shape index (κ2) is 11.1. The summed E-state index contributed by atoms with van der Waals surface area (Å²) < 4.78 is 26.5. The first kappa shape index (κ1) is 24.4. The van der Waals surface area contributed by atoms with Crippen molar-refractivity contribution in [3.05, 3.63) is 69.8 Å². The van der Waals surface area contributed by atoms with Crippen LogP contribution in [0.4, 0.5) is 5.82 Å². The Balaban J connectivity index is 2.13. The average Bonchev–Trinajstić information content (AvgIpc) is 2.87. The molecule has 0 spiro atoms. The molecule has 10 heteroatoms. The molecule has 2 aromatic carbocycles. The van der Waals surface area contributed by atoms with Crippen molar-refractivity contribution in [2.24, 2.45) is 0 Å². The highest BCUT2D eigenvalue weighted by molar-refractivity contribution is 5.94. The first-order valence-corrected chi connectivity index (χ1v) is 10.3. The van der Waals surface area contributed by atoms with E-state index in [1.165, 1.54) is 13.4 Å². The zero-order chi connectivity index (χ0) is 24.7. The molecule has 0 amide bonds. The Kier molecular flexibility index (Phi) is 7.96. The van der Waals surface area contributed by atoms with Crippen molar-refractivity contribution in [3.63, 3.8) is 0 Å². The van der Waals surface area contributed by atoms with Gasteiger partial charge in [-0.1, -0.05) is 0 Å². The molecule has 0 unspecified atom stereocenters. The molecule has 0 radical (unpaired) electrons. The highest BCUT2D eigenvalue weighted by atomic mass is 16.5. The summed E-state index contributed by atoms with van der Waals surface area (Å²) in [5, 5.41) is 0. The topological polar surface area (TPSA) is 112 Å². The first-order valence-electron chi connectivity index (χ1n) is 10.3. The second-order valence-corrected chi connectivity index (χ2v) is 7.13. The number of hydrogen-bond donors (Lipinski definition) is 1. The van der Waals surface area contributed by atoms with Gasteiger partial charge in [0.2, 0.25) is 0 Å². The van der Waals surface area contributed by atoms with Crippen molar-refractivity contribution in [3.8, 4) is 23.0 Å². The maximum atomic E-state index is 12.6. The van der Waals surface area contributed by atoms with Gasteiger partial charge in [-0.2, -0.15) is 0 Å². The summed E-state index contributed by atoms with van der Waals surface area (Å²) in [6.07, 6.45) is 1.24. The Morgan fingerprint density at radius 2 is 1.38 bits per heavy atom. The van der Waals surface area contributed by atoms with Crippen LogP contribution in [0.3, 0.4) is 0 Å². The fraction of sp³-hybridized carbons (Fsp3) is 0.292. The summed E-state index contributed by atoms with van der Waals surface area (Å²) in [4.78, 5) is 33.6. The van der Waals surface area contributed by atoms with Crippen LogP contribution >= 0.6 is 0 Å². The number of H-pyrrole nitrogens is 1. The lowest BCUT2D eigenvalue weighted by Gasteiger charge is -2.27. The van der Waals surface area contributed by atoms with E-state index in [2.05, 4.69) is 9.97 Å². The number of nitrogens with one attached hydrogen (secondary N) is 1. The molecule has 0 atom stereocenters. The van der Waals surface area contributed by atoms with Gasteiger partial charge >= 0.3 is 5.97 Å². The van der Waals surface area contributed by atoms with Crippen molar-refractivity contribution in [1.29, 1.82) is 0 Å². The molecule has 180 valence electrons. The van der Waals surface area contributed by atoms with E-state index in [0.717, 1.165) is 11.1 Å². The van der Waals surface area contributed by atoms with Crippen LogP contribution in [0.2, 0.25) is 0 Å². The number of esters is 1. The van der Waals surface area contributed by atoms with Crippen LogP contribution < -0.4 is 29.4 Å². The van der Waals surface area contributed by atoms with Gasteiger partial charge in [0.1, 0.15) is 23.0 Å². The predicted octanol–water partition coefficient (Wildman–Crippen LogP) is 2.80. The van der Waals surface area contributed by atoms with Crippen molar-refractivity contribution in [1.82, 2.24) is 9.97 Å². The summed E-state index contributed by atoms with van der Waals surface area (Å²) in [7, 11) is 7.46. The number of carbonyl (C=O) groups is 1. The van der Waals surface area contributed by atoms with E-state index < -0.39 is 11.5 Å². The largest absolute Gasteiger partial charge is 0.497 e. The fourth-order valence-corrected chi connectivity index (χ4v) is 3.50. The minimum absolute atomic E-state index is 0.159. The van der Waals surface area contributed by atoms with Gasteiger partial charge in [0.25, 0.3) is 5.56 Å². The molecule has 0 aliphatic rings. The Hall–Kier alpha value is -4.21. The van der Waals surface area contributed by atoms with E-state index in [-0.39, 0.29) is 24.5 Å². The van der Waals surface area contributed by atoms with Gasteiger partial charge in [0, 0.05) is 36.3 Å². The lowest BCUT2D eigenvalue weighted by atomic mass is 10.1. The quantitative estimate of drug-likeness (QED) is 0.448. The second-order valence-electron chi connectivity index (χ2n) is 7.13. The zero-order valence-electron chi connectivity index (χ0n) is 19.7. The Morgan fingerprint density at radius 3 is 1.82 bits per heavy atom. The minimum Gasteiger partial charge on any atom is -0.497 e. The van der Waals surface area contributed by atoms with E-state index in [0.29, 0.717) is 23.0 Å². The molecule has 3 rings (SSSR count). The van der Waals surface area contributed by atoms with Crippen LogP contribution in [-0.4, -0.2) is 51.5 Å². The van der Waals surface area contributed by atoms with Gasteiger partial charge in [-0.05, 0) is 24.3 Å². The molecule has 1 heterocycles. The van der Waals surface area contributed by atoms with Crippen LogP contribution in [0, 0.1) is 0 Å². The van der Waals surface area contributed by atoms with Crippen molar-refractivity contribution < 1.29 is 28.5 Å². The fourth-order valence-electron chi connectivity index (χ4n) is 3.50. The maximum Gasteiger partial charge on any atom is 0.347 e. The van der Waals surface area contributed by atoms with Gasteiger partial charge < -0.3 is 33.6 Å². The van der Waals surface area contributed by atoms with Crippen molar-refractivity contribution in [2.75, 3.05) is 40.4 Å². The number of carbonyl (C=O) groups excluding carboxylic acids is 1. The lowest BCUT2D eigenvalue weighted by molar-refractivity contribution is 0.0599. The average molecular weight is 469 g/mol. The molecule has 3 aromatic rings. The third kappa shape index (κ3) is 5.22. The van der Waals surface area contributed by atoms with E-state index in [1.54, 1.807) is 57.6 Å². The molecular formula is C24H27N3O7. The molecule has 0 aliphatic heterocycles. The van der Waals surface area contributed by atoms with Gasteiger partial charge in [0.15, 0.2) is 11.4 Å². The van der Waals surface area contributed by atoms with Gasteiger partial charge in [-0.15, -0.1) is 0 Å². The van der Waals surface area contributed by atoms with Crippen molar-refractivity contribution >= 4 is 11.8 Å². The van der Waals surface area contributed by atoms with Crippen LogP contribution in [0.15, 0.2) is 47.5 Å². The smallest absolute Gasteiger partial charge is 0.347 e. The molecule has 34 heavy (non-hydrogen) atoms. The molecular weight excluding hydrogens is 442 g/mol.